The van der Waals surface area contributed by atoms with E-state index in [1.54, 1.807) is 12.1 Å². The third-order valence-corrected chi connectivity index (χ3v) is 3.45. The highest BCUT2D eigenvalue weighted by molar-refractivity contribution is 9.10. The highest BCUT2D eigenvalue weighted by Gasteiger charge is 2.24. The van der Waals surface area contributed by atoms with Crippen molar-refractivity contribution in [2.45, 2.75) is 25.9 Å². The number of carbonyl (C=O) groups excluding carboxylic acids is 1. The van der Waals surface area contributed by atoms with Gasteiger partial charge in [-0.15, -0.1) is 0 Å². The number of aliphatic carboxylic acids is 1. The van der Waals surface area contributed by atoms with Crippen LogP contribution in [0.5, 0.6) is 0 Å². The molecule has 0 aliphatic heterocycles. The van der Waals surface area contributed by atoms with Crippen LogP contribution < -0.4 is 10.6 Å². The number of nitrogens with one attached hydrogen (secondary N) is 2. The number of anilines is 1. The van der Waals surface area contributed by atoms with E-state index in [1.807, 2.05) is 13.0 Å². The van der Waals surface area contributed by atoms with Gasteiger partial charge in [0.1, 0.15) is 0 Å². The van der Waals surface area contributed by atoms with E-state index in [2.05, 4.69) is 26.6 Å². The van der Waals surface area contributed by atoms with Crippen LogP contribution in [0.15, 0.2) is 22.7 Å². The molecular formula is C13H17BrN2O4. The zero-order valence-corrected chi connectivity index (χ0v) is 12.8. The van der Waals surface area contributed by atoms with Gasteiger partial charge in [0.05, 0.1) is 12.0 Å². The third kappa shape index (κ3) is 5.58. The van der Waals surface area contributed by atoms with Crippen LogP contribution in [-0.4, -0.2) is 34.4 Å². The third-order valence-electron chi connectivity index (χ3n) is 2.59. The summed E-state index contributed by atoms with van der Waals surface area (Å²) in [6, 6.07) is 4.84. The first-order valence-corrected chi connectivity index (χ1v) is 6.74. The average Bonchev–Trinajstić information content (AvgIpc) is 2.30. The van der Waals surface area contributed by atoms with E-state index < -0.39 is 24.0 Å². The van der Waals surface area contributed by atoms with Crippen LogP contribution in [0.2, 0.25) is 0 Å². The van der Waals surface area contributed by atoms with Crippen molar-refractivity contribution in [1.29, 1.82) is 0 Å². The van der Waals surface area contributed by atoms with Gasteiger partial charge in [-0.05, 0) is 31.5 Å². The largest absolute Gasteiger partial charge is 0.481 e. The van der Waals surface area contributed by atoms with Gasteiger partial charge in [-0.2, -0.15) is 0 Å². The second-order valence-corrected chi connectivity index (χ2v) is 5.69. The summed E-state index contributed by atoms with van der Waals surface area (Å²) in [6.45, 7) is 3.12. The highest BCUT2D eigenvalue weighted by Crippen LogP contribution is 2.20. The predicted molar refractivity (Wildman–Crippen MR) is 78.8 cm³/mol. The van der Waals surface area contributed by atoms with Crippen LogP contribution in [-0.2, 0) is 4.79 Å². The predicted octanol–water partition coefficient (Wildman–Crippen LogP) is 2.10. The van der Waals surface area contributed by atoms with Gasteiger partial charge in [0.25, 0.3) is 0 Å². The first-order chi connectivity index (χ1) is 9.19. The number of aliphatic hydroxyl groups is 1. The molecule has 0 saturated heterocycles. The van der Waals surface area contributed by atoms with Crippen LogP contribution in [0.4, 0.5) is 10.5 Å². The van der Waals surface area contributed by atoms with Crippen LogP contribution in [0, 0.1) is 6.92 Å². The second kappa shape index (κ2) is 6.71. The van der Waals surface area contributed by atoms with Crippen molar-refractivity contribution in [1.82, 2.24) is 5.32 Å². The Labute approximate surface area is 125 Å². The summed E-state index contributed by atoms with van der Waals surface area (Å²) in [4.78, 5) is 22.2. The fourth-order valence-electron chi connectivity index (χ4n) is 1.50. The van der Waals surface area contributed by atoms with Crippen LogP contribution >= 0.6 is 15.9 Å². The summed E-state index contributed by atoms with van der Waals surface area (Å²) < 4.78 is 0.869. The first kappa shape index (κ1) is 16.5. The minimum absolute atomic E-state index is 0.155. The molecule has 0 saturated carbocycles. The van der Waals surface area contributed by atoms with Gasteiger partial charge >= 0.3 is 12.0 Å². The standard InChI is InChI=1S/C13H17BrN2O4/c1-8-3-4-9(5-10(8)14)16-12(19)15-7-13(2,20)6-11(17)18/h3-5,20H,6-7H2,1-2H3,(H,17,18)(H2,15,16,19). The molecule has 7 heteroatoms. The molecule has 6 nitrogen and oxygen atoms in total. The number of benzene rings is 1. The number of aryl methyl sites for hydroxylation is 1. The Balaban J connectivity index is 2.51. The smallest absolute Gasteiger partial charge is 0.319 e. The number of carboxylic acid groups (broad SMARTS) is 1. The molecule has 1 aromatic carbocycles. The van der Waals surface area contributed by atoms with Crippen molar-refractivity contribution in [3.05, 3.63) is 28.2 Å². The van der Waals surface area contributed by atoms with Gasteiger partial charge in [0.15, 0.2) is 0 Å². The van der Waals surface area contributed by atoms with E-state index in [0.717, 1.165) is 10.0 Å². The van der Waals surface area contributed by atoms with Crippen molar-refractivity contribution < 1.29 is 19.8 Å². The van der Waals surface area contributed by atoms with Crippen molar-refractivity contribution in [3.8, 4) is 0 Å². The van der Waals surface area contributed by atoms with E-state index in [0.29, 0.717) is 5.69 Å². The molecule has 2 amide bonds. The lowest BCUT2D eigenvalue weighted by Crippen LogP contribution is -2.43. The number of urea groups is 1. The van der Waals surface area contributed by atoms with E-state index in [-0.39, 0.29) is 6.54 Å². The SMILES string of the molecule is Cc1ccc(NC(=O)NCC(C)(O)CC(=O)O)cc1Br. The Hall–Kier alpha value is -1.60. The van der Waals surface area contributed by atoms with E-state index in [1.165, 1.54) is 6.92 Å². The molecule has 4 N–H and O–H groups in total. The van der Waals surface area contributed by atoms with E-state index in [4.69, 9.17) is 5.11 Å². The zero-order chi connectivity index (χ0) is 15.3. The van der Waals surface area contributed by atoms with Crippen LogP contribution in [0.1, 0.15) is 18.9 Å². The quantitative estimate of drug-likeness (QED) is 0.657. The maximum atomic E-state index is 11.6. The fraction of sp³-hybridized carbons (Fsp3) is 0.385. The lowest BCUT2D eigenvalue weighted by molar-refractivity contribution is -0.141. The molecule has 0 radical (unpaired) electrons. The van der Waals surface area contributed by atoms with Crippen molar-refractivity contribution in [2.24, 2.45) is 0 Å². The van der Waals surface area contributed by atoms with Crippen molar-refractivity contribution in [2.75, 3.05) is 11.9 Å². The molecule has 0 heterocycles. The summed E-state index contributed by atoms with van der Waals surface area (Å²) in [5, 5.41) is 23.4. The molecule has 1 aromatic rings. The normalized spacial score (nSPS) is 13.4. The topological polar surface area (TPSA) is 98.7 Å². The van der Waals surface area contributed by atoms with Crippen molar-refractivity contribution >= 4 is 33.6 Å². The number of hydrogen-bond donors (Lipinski definition) is 4. The number of carbonyl (C=O) groups is 2. The van der Waals surface area contributed by atoms with Crippen LogP contribution in [0.3, 0.4) is 0 Å². The number of halogens is 1. The molecule has 1 rings (SSSR count). The summed E-state index contributed by atoms with van der Waals surface area (Å²) in [6.07, 6.45) is -0.441. The summed E-state index contributed by atoms with van der Waals surface area (Å²) in [5.74, 6) is -1.13. The molecule has 1 atom stereocenters. The number of rotatable bonds is 5. The maximum Gasteiger partial charge on any atom is 0.319 e. The molecule has 1 unspecified atom stereocenters. The molecular weight excluding hydrogens is 328 g/mol. The van der Waals surface area contributed by atoms with Gasteiger partial charge in [-0.1, -0.05) is 22.0 Å². The first-order valence-electron chi connectivity index (χ1n) is 5.95. The van der Waals surface area contributed by atoms with Gasteiger partial charge in [-0.25, -0.2) is 4.79 Å². The Bertz CT molecular complexity index is 517. The van der Waals surface area contributed by atoms with Gasteiger partial charge in [0.2, 0.25) is 0 Å². The zero-order valence-electron chi connectivity index (χ0n) is 11.2. The Morgan fingerprint density at radius 2 is 2.05 bits per heavy atom. The Morgan fingerprint density at radius 3 is 2.60 bits per heavy atom. The van der Waals surface area contributed by atoms with Crippen LogP contribution in [0.25, 0.3) is 0 Å². The Kier molecular flexibility index (Phi) is 5.52. The molecule has 0 fully saturated rings. The number of carboxylic acids is 1. The summed E-state index contributed by atoms with van der Waals surface area (Å²) >= 11 is 3.36. The molecule has 0 aliphatic rings. The molecule has 0 bridgehead atoms. The molecule has 0 spiro atoms. The minimum Gasteiger partial charge on any atom is -0.481 e. The number of hydrogen-bond acceptors (Lipinski definition) is 3. The van der Waals surface area contributed by atoms with E-state index in [9.17, 15) is 14.7 Å². The Morgan fingerprint density at radius 1 is 1.40 bits per heavy atom. The lowest BCUT2D eigenvalue weighted by atomic mass is 10.0. The average molecular weight is 345 g/mol. The van der Waals surface area contributed by atoms with Gasteiger partial charge in [-0.3, -0.25) is 4.79 Å². The highest BCUT2D eigenvalue weighted by atomic mass is 79.9. The maximum absolute atomic E-state index is 11.6. The summed E-state index contributed by atoms with van der Waals surface area (Å²) in [7, 11) is 0. The lowest BCUT2D eigenvalue weighted by Gasteiger charge is -2.21. The van der Waals surface area contributed by atoms with Crippen molar-refractivity contribution in [3.63, 3.8) is 0 Å². The van der Waals surface area contributed by atoms with Gasteiger partial charge in [0, 0.05) is 16.7 Å². The molecule has 20 heavy (non-hydrogen) atoms. The number of amides is 2. The summed E-state index contributed by atoms with van der Waals surface area (Å²) in [5.41, 5.74) is 0.148. The molecule has 0 aliphatic carbocycles. The van der Waals surface area contributed by atoms with Gasteiger partial charge < -0.3 is 20.8 Å². The minimum atomic E-state index is -1.49. The molecule has 0 aromatic heterocycles. The fourth-order valence-corrected chi connectivity index (χ4v) is 1.88. The monoisotopic (exact) mass is 344 g/mol. The molecule has 110 valence electrons. The second-order valence-electron chi connectivity index (χ2n) is 4.84. The van der Waals surface area contributed by atoms with E-state index >= 15 is 0 Å².